The normalized spacial score (nSPS) is 19.9. The van der Waals surface area contributed by atoms with Crippen molar-refractivity contribution in [2.75, 3.05) is 19.6 Å². The molecular weight excluding hydrogens is 378 g/mol. The molecule has 2 aromatic rings. The number of hydrogen-bond donors (Lipinski definition) is 2. The largest absolute Gasteiger partial charge is 0.346 e. The van der Waals surface area contributed by atoms with E-state index in [-0.39, 0.29) is 30.9 Å². The Labute approximate surface area is 171 Å². The molecule has 1 atom stereocenters. The molecule has 4 rings (SSSR count). The molecule has 1 aromatic heterocycles. The summed E-state index contributed by atoms with van der Waals surface area (Å²) in [5.41, 5.74) is 2.21. The number of rotatable bonds is 6. The van der Waals surface area contributed by atoms with E-state index in [2.05, 4.69) is 37.8 Å². The summed E-state index contributed by atoms with van der Waals surface area (Å²) in [6, 6.07) is 8.21. The van der Waals surface area contributed by atoms with Gasteiger partial charge in [-0.25, -0.2) is 0 Å². The Kier molecular flexibility index (Phi) is 7.42. The summed E-state index contributed by atoms with van der Waals surface area (Å²) in [4.78, 5) is 19.0. The van der Waals surface area contributed by atoms with Crippen LogP contribution in [0, 0.1) is 0 Å². The molecule has 2 N–H and O–H groups in total. The molecule has 28 heavy (non-hydrogen) atoms. The van der Waals surface area contributed by atoms with Crippen LogP contribution in [0.1, 0.15) is 43.6 Å². The van der Waals surface area contributed by atoms with Gasteiger partial charge in [-0.1, -0.05) is 29.8 Å². The summed E-state index contributed by atoms with van der Waals surface area (Å²) in [6.07, 6.45) is 5.84. The van der Waals surface area contributed by atoms with Crippen molar-refractivity contribution in [3.8, 4) is 11.4 Å². The van der Waals surface area contributed by atoms with E-state index in [0.717, 1.165) is 31.5 Å². The Morgan fingerprint density at radius 2 is 2.11 bits per heavy atom. The first-order valence-electron chi connectivity index (χ1n) is 9.93. The zero-order chi connectivity index (χ0) is 18.5. The molecule has 0 radical (unpaired) electrons. The molecule has 1 aromatic carbocycles. The monoisotopic (exact) mass is 405 g/mol. The molecule has 0 saturated carbocycles. The summed E-state index contributed by atoms with van der Waals surface area (Å²) >= 11 is 0. The number of likely N-dealkylation sites (tertiary alicyclic amines) is 1. The van der Waals surface area contributed by atoms with Crippen molar-refractivity contribution >= 4 is 18.3 Å². The predicted molar refractivity (Wildman–Crippen MR) is 109 cm³/mol. The van der Waals surface area contributed by atoms with Crippen LogP contribution in [-0.4, -0.2) is 46.6 Å². The minimum Gasteiger partial charge on any atom is -0.346 e. The molecular formula is C20H28ClN5O2. The van der Waals surface area contributed by atoms with Crippen LogP contribution < -0.4 is 10.6 Å². The molecule has 2 fully saturated rings. The number of carbonyl (C=O) groups excluding carboxylic acids is 1. The van der Waals surface area contributed by atoms with Crippen molar-refractivity contribution in [3.63, 3.8) is 0 Å². The zero-order valence-corrected chi connectivity index (χ0v) is 16.8. The van der Waals surface area contributed by atoms with Gasteiger partial charge in [0.2, 0.25) is 17.6 Å². The summed E-state index contributed by atoms with van der Waals surface area (Å²) in [7, 11) is 0. The first-order chi connectivity index (χ1) is 13.3. The second kappa shape index (κ2) is 10.0. The van der Waals surface area contributed by atoms with Crippen LogP contribution >= 0.6 is 12.4 Å². The summed E-state index contributed by atoms with van der Waals surface area (Å²) in [5, 5.41) is 10.1. The third-order valence-corrected chi connectivity index (χ3v) is 5.30. The van der Waals surface area contributed by atoms with Crippen LogP contribution in [0.25, 0.3) is 11.4 Å². The first-order valence-corrected chi connectivity index (χ1v) is 9.93. The van der Waals surface area contributed by atoms with Gasteiger partial charge >= 0.3 is 0 Å². The predicted octanol–water partition coefficient (Wildman–Crippen LogP) is 2.51. The minimum absolute atomic E-state index is 0. The average molecular weight is 406 g/mol. The number of nitrogens with zero attached hydrogens (tertiary/aromatic N) is 3. The van der Waals surface area contributed by atoms with Gasteiger partial charge in [0.1, 0.15) is 0 Å². The van der Waals surface area contributed by atoms with E-state index in [4.69, 9.17) is 4.52 Å². The smallest absolute Gasteiger partial charge is 0.246 e. The SMILES string of the molecule is Cl.O=C(NCc1nc(-c2cccc(CN3CCCCC3)c2)no1)C1CCCN1. The molecule has 2 aliphatic heterocycles. The maximum atomic E-state index is 12.1. The van der Waals surface area contributed by atoms with Crippen molar-refractivity contribution in [3.05, 3.63) is 35.7 Å². The van der Waals surface area contributed by atoms with E-state index in [9.17, 15) is 4.79 Å². The van der Waals surface area contributed by atoms with Crippen LogP contribution in [0.15, 0.2) is 28.8 Å². The Morgan fingerprint density at radius 1 is 1.25 bits per heavy atom. The van der Waals surface area contributed by atoms with Crippen molar-refractivity contribution in [1.29, 1.82) is 0 Å². The molecule has 2 saturated heterocycles. The van der Waals surface area contributed by atoms with Crippen molar-refractivity contribution in [2.45, 2.75) is 51.2 Å². The number of carbonyl (C=O) groups is 1. The van der Waals surface area contributed by atoms with Gasteiger partial charge in [0, 0.05) is 12.1 Å². The molecule has 2 aliphatic rings. The Hall–Kier alpha value is -1.96. The lowest BCUT2D eigenvalue weighted by molar-refractivity contribution is -0.123. The average Bonchev–Trinajstić information content (AvgIpc) is 3.39. The molecule has 1 unspecified atom stereocenters. The summed E-state index contributed by atoms with van der Waals surface area (Å²) in [6.45, 7) is 4.47. The Morgan fingerprint density at radius 3 is 2.89 bits per heavy atom. The van der Waals surface area contributed by atoms with Gasteiger partial charge in [-0.05, 0) is 56.9 Å². The van der Waals surface area contributed by atoms with E-state index < -0.39 is 0 Å². The molecule has 0 bridgehead atoms. The minimum atomic E-state index is -0.0983. The summed E-state index contributed by atoms with van der Waals surface area (Å²) < 4.78 is 5.32. The van der Waals surface area contributed by atoms with E-state index in [1.165, 1.54) is 37.9 Å². The van der Waals surface area contributed by atoms with Crippen LogP contribution in [0.3, 0.4) is 0 Å². The highest BCUT2D eigenvalue weighted by Crippen LogP contribution is 2.20. The highest BCUT2D eigenvalue weighted by atomic mass is 35.5. The van der Waals surface area contributed by atoms with Crippen LogP contribution in [0.2, 0.25) is 0 Å². The molecule has 0 spiro atoms. The van der Waals surface area contributed by atoms with Crippen molar-refractivity contribution in [2.24, 2.45) is 0 Å². The number of halogens is 1. The fourth-order valence-corrected chi connectivity index (χ4v) is 3.82. The van der Waals surface area contributed by atoms with Gasteiger partial charge in [0.05, 0.1) is 12.6 Å². The zero-order valence-electron chi connectivity index (χ0n) is 16.0. The highest BCUT2D eigenvalue weighted by molar-refractivity contribution is 5.85. The topological polar surface area (TPSA) is 83.3 Å². The van der Waals surface area contributed by atoms with Gasteiger partial charge in [-0.3, -0.25) is 9.69 Å². The number of hydrogen-bond acceptors (Lipinski definition) is 6. The molecule has 7 nitrogen and oxygen atoms in total. The lowest BCUT2D eigenvalue weighted by Gasteiger charge is -2.26. The number of amides is 1. The van der Waals surface area contributed by atoms with Crippen LogP contribution in [0.5, 0.6) is 0 Å². The third kappa shape index (κ3) is 5.31. The first kappa shape index (κ1) is 20.8. The quantitative estimate of drug-likeness (QED) is 0.768. The molecule has 8 heteroatoms. The van der Waals surface area contributed by atoms with Crippen molar-refractivity contribution < 1.29 is 9.32 Å². The lowest BCUT2D eigenvalue weighted by Crippen LogP contribution is -2.40. The van der Waals surface area contributed by atoms with Gasteiger partial charge in [0.25, 0.3) is 0 Å². The second-order valence-corrected chi connectivity index (χ2v) is 7.42. The van der Waals surface area contributed by atoms with E-state index >= 15 is 0 Å². The number of nitrogens with one attached hydrogen (secondary N) is 2. The van der Waals surface area contributed by atoms with E-state index in [1.54, 1.807) is 0 Å². The van der Waals surface area contributed by atoms with E-state index in [0.29, 0.717) is 11.7 Å². The molecule has 152 valence electrons. The fraction of sp³-hybridized carbons (Fsp3) is 0.550. The Balaban J connectivity index is 0.00000225. The molecule has 3 heterocycles. The number of aromatic nitrogens is 2. The third-order valence-electron chi connectivity index (χ3n) is 5.30. The maximum Gasteiger partial charge on any atom is 0.246 e. The fourth-order valence-electron chi connectivity index (χ4n) is 3.82. The van der Waals surface area contributed by atoms with Crippen molar-refractivity contribution in [1.82, 2.24) is 25.7 Å². The van der Waals surface area contributed by atoms with Gasteiger partial charge in [-0.2, -0.15) is 4.98 Å². The second-order valence-electron chi connectivity index (χ2n) is 7.42. The van der Waals surface area contributed by atoms with E-state index in [1.807, 2.05) is 12.1 Å². The van der Waals surface area contributed by atoms with Gasteiger partial charge in [-0.15, -0.1) is 12.4 Å². The standard InChI is InChI=1S/C20H27N5O2.ClH/c26-20(17-8-5-9-21-17)22-13-18-23-19(24-27-18)16-7-4-6-15(12-16)14-25-10-2-1-3-11-25;/h4,6-7,12,17,21H,1-3,5,8-11,13-14H2,(H,22,26);1H. The van der Waals surface area contributed by atoms with Crippen LogP contribution in [-0.2, 0) is 17.9 Å². The summed E-state index contributed by atoms with van der Waals surface area (Å²) in [5.74, 6) is 0.993. The number of piperidine rings is 1. The molecule has 1 amide bonds. The van der Waals surface area contributed by atoms with Crippen LogP contribution in [0.4, 0.5) is 0 Å². The maximum absolute atomic E-state index is 12.1. The Bertz CT molecular complexity index is 769. The molecule has 0 aliphatic carbocycles. The lowest BCUT2D eigenvalue weighted by atomic mass is 10.1. The number of benzene rings is 1. The van der Waals surface area contributed by atoms with Gasteiger partial charge in [0.15, 0.2) is 0 Å². The van der Waals surface area contributed by atoms with Gasteiger partial charge < -0.3 is 15.2 Å². The highest BCUT2D eigenvalue weighted by Gasteiger charge is 2.22.